The zero-order chi connectivity index (χ0) is 15.9. The second kappa shape index (κ2) is 7.90. The maximum absolute atomic E-state index is 12.1. The Morgan fingerprint density at radius 1 is 1.13 bits per heavy atom. The molecular weight excluding hydrogens is 286 g/mol. The average Bonchev–Trinajstić information content (AvgIpc) is 3.11. The molecule has 120 valence electrons. The zero-order valence-corrected chi connectivity index (χ0v) is 13.2. The summed E-state index contributed by atoms with van der Waals surface area (Å²) in [7, 11) is 0. The Balaban J connectivity index is 1.48. The molecular formula is C19H23N3O. The standard InChI is InChI=1S/C19H23N3O/c23-19(11-4-8-15-6-2-1-3-7-15)21-17-10-5-9-16(14-17)18-12-13-20-22-18/h1-3,5-7,9-10,14,18,20,22H,4,8,11-13H2,(H,21,23). The second-order valence-electron chi connectivity index (χ2n) is 5.93. The Morgan fingerprint density at radius 2 is 2.00 bits per heavy atom. The first-order valence-electron chi connectivity index (χ1n) is 8.23. The van der Waals surface area contributed by atoms with Crippen molar-refractivity contribution >= 4 is 11.6 Å². The lowest BCUT2D eigenvalue weighted by Crippen LogP contribution is -2.24. The van der Waals surface area contributed by atoms with Crippen LogP contribution in [0.4, 0.5) is 5.69 Å². The lowest BCUT2D eigenvalue weighted by atomic mass is 10.0. The molecule has 3 rings (SSSR count). The van der Waals surface area contributed by atoms with Crippen LogP contribution in [-0.4, -0.2) is 12.5 Å². The van der Waals surface area contributed by atoms with Gasteiger partial charge in [0.2, 0.25) is 5.91 Å². The summed E-state index contributed by atoms with van der Waals surface area (Å²) in [6.45, 7) is 0.973. The number of hydrogen-bond donors (Lipinski definition) is 3. The molecule has 0 bridgehead atoms. The third-order valence-corrected chi connectivity index (χ3v) is 4.12. The molecule has 0 radical (unpaired) electrons. The molecule has 2 aromatic rings. The first-order chi connectivity index (χ1) is 11.3. The molecule has 4 heteroatoms. The molecule has 23 heavy (non-hydrogen) atoms. The third kappa shape index (κ3) is 4.65. The average molecular weight is 309 g/mol. The van der Waals surface area contributed by atoms with Crippen molar-refractivity contribution in [1.82, 2.24) is 10.9 Å². The predicted octanol–water partition coefficient (Wildman–Crippen LogP) is 3.19. The van der Waals surface area contributed by atoms with E-state index in [1.54, 1.807) is 0 Å². The third-order valence-electron chi connectivity index (χ3n) is 4.12. The Bertz CT molecular complexity index is 636. The van der Waals surface area contributed by atoms with E-state index in [1.807, 2.05) is 30.3 Å². The number of rotatable bonds is 6. The van der Waals surface area contributed by atoms with E-state index in [4.69, 9.17) is 0 Å². The summed E-state index contributed by atoms with van der Waals surface area (Å²) in [4.78, 5) is 12.1. The molecule has 1 fully saturated rings. The summed E-state index contributed by atoms with van der Waals surface area (Å²) >= 11 is 0. The van der Waals surface area contributed by atoms with Gasteiger partial charge in [0, 0.05) is 24.7 Å². The largest absolute Gasteiger partial charge is 0.326 e. The van der Waals surface area contributed by atoms with Crippen molar-refractivity contribution in [3.05, 3.63) is 65.7 Å². The molecule has 1 amide bonds. The lowest BCUT2D eigenvalue weighted by molar-refractivity contribution is -0.116. The smallest absolute Gasteiger partial charge is 0.224 e. The monoisotopic (exact) mass is 309 g/mol. The molecule has 0 saturated carbocycles. The summed E-state index contributed by atoms with van der Waals surface area (Å²) in [5.74, 6) is 0.0792. The normalized spacial score (nSPS) is 17.1. The fourth-order valence-electron chi connectivity index (χ4n) is 2.89. The molecule has 1 saturated heterocycles. The van der Waals surface area contributed by atoms with Crippen molar-refractivity contribution in [2.24, 2.45) is 0 Å². The van der Waals surface area contributed by atoms with Crippen LogP contribution in [-0.2, 0) is 11.2 Å². The van der Waals surface area contributed by atoms with E-state index in [0.717, 1.165) is 31.5 Å². The molecule has 1 unspecified atom stereocenters. The number of nitrogens with one attached hydrogen (secondary N) is 3. The van der Waals surface area contributed by atoms with Gasteiger partial charge in [-0.1, -0.05) is 42.5 Å². The van der Waals surface area contributed by atoms with Crippen LogP contribution in [0.5, 0.6) is 0 Å². The fraction of sp³-hybridized carbons (Fsp3) is 0.316. The van der Waals surface area contributed by atoms with Crippen LogP contribution in [0.15, 0.2) is 54.6 Å². The SMILES string of the molecule is O=C(CCCc1ccccc1)Nc1cccc(C2CCNN2)c1. The van der Waals surface area contributed by atoms with Crippen molar-refractivity contribution < 1.29 is 4.79 Å². The first kappa shape index (κ1) is 15.7. The molecule has 1 aliphatic rings. The van der Waals surface area contributed by atoms with Crippen LogP contribution in [0.3, 0.4) is 0 Å². The van der Waals surface area contributed by atoms with Crippen molar-refractivity contribution in [3.8, 4) is 0 Å². The number of amides is 1. The van der Waals surface area contributed by atoms with Gasteiger partial charge in [0.1, 0.15) is 0 Å². The van der Waals surface area contributed by atoms with Gasteiger partial charge >= 0.3 is 0 Å². The van der Waals surface area contributed by atoms with Crippen LogP contribution in [0.25, 0.3) is 0 Å². The maximum Gasteiger partial charge on any atom is 0.224 e. The number of aryl methyl sites for hydroxylation is 1. The molecule has 1 atom stereocenters. The Hall–Kier alpha value is -2.17. The van der Waals surface area contributed by atoms with Gasteiger partial charge in [-0.15, -0.1) is 0 Å². The van der Waals surface area contributed by atoms with E-state index in [2.05, 4.69) is 40.4 Å². The maximum atomic E-state index is 12.1. The number of carbonyl (C=O) groups excluding carboxylic acids is 1. The van der Waals surface area contributed by atoms with Gasteiger partial charge in [0.25, 0.3) is 0 Å². The number of hydrazine groups is 1. The van der Waals surface area contributed by atoms with Crippen molar-refractivity contribution in [2.45, 2.75) is 31.7 Å². The number of hydrogen-bond acceptors (Lipinski definition) is 3. The number of carbonyl (C=O) groups is 1. The van der Waals surface area contributed by atoms with E-state index in [9.17, 15) is 4.79 Å². The van der Waals surface area contributed by atoms with E-state index in [1.165, 1.54) is 11.1 Å². The van der Waals surface area contributed by atoms with E-state index in [0.29, 0.717) is 12.5 Å². The van der Waals surface area contributed by atoms with Crippen LogP contribution >= 0.6 is 0 Å². The Morgan fingerprint density at radius 3 is 2.78 bits per heavy atom. The zero-order valence-electron chi connectivity index (χ0n) is 13.2. The van der Waals surface area contributed by atoms with Gasteiger partial charge in [-0.2, -0.15) is 0 Å². The molecule has 0 aromatic heterocycles. The topological polar surface area (TPSA) is 53.2 Å². The van der Waals surface area contributed by atoms with Gasteiger partial charge in [-0.25, -0.2) is 0 Å². The van der Waals surface area contributed by atoms with Crippen LogP contribution in [0, 0.1) is 0 Å². The van der Waals surface area contributed by atoms with Crippen LogP contribution < -0.4 is 16.2 Å². The highest BCUT2D eigenvalue weighted by Gasteiger charge is 2.16. The summed E-state index contributed by atoms with van der Waals surface area (Å²) < 4.78 is 0. The van der Waals surface area contributed by atoms with Gasteiger partial charge < -0.3 is 5.32 Å². The molecule has 2 aromatic carbocycles. The molecule has 4 nitrogen and oxygen atoms in total. The highest BCUT2D eigenvalue weighted by molar-refractivity contribution is 5.90. The highest BCUT2D eigenvalue weighted by atomic mass is 16.1. The number of benzene rings is 2. The Labute approximate surface area is 137 Å². The van der Waals surface area contributed by atoms with Gasteiger partial charge in [-0.05, 0) is 42.5 Å². The van der Waals surface area contributed by atoms with Crippen molar-refractivity contribution in [1.29, 1.82) is 0 Å². The summed E-state index contributed by atoms with van der Waals surface area (Å²) in [5.41, 5.74) is 9.74. The van der Waals surface area contributed by atoms with Gasteiger partial charge in [0.05, 0.1) is 0 Å². The minimum absolute atomic E-state index is 0.0792. The quantitative estimate of drug-likeness (QED) is 0.768. The highest BCUT2D eigenvalue weighted by Crippen LogP contribution is 2.22. The Kier molecular flexibility index (Phi) is 5.40. The minimum Gasteiger partial charge on any atom is -0.326 e. The fourth-order valence-corrected chi connectivity index (χ4v) is 2.89. The molecule has 0 aliphatic carbocycles. The van der Waals surface area contributed by atoms with Gasteiger partial charge in [-0.3, -0.25) is 15.6 Å². The van der Waals surface area contributed by atoms with E-state index in [-0.39, 0.29) is 5.91 Å². The van der Waals surface area contributed by atoms with Crippen LogP contribution in [0.2, 0.25) is 0 Å². The summed E-state index contributed by atoms with van der Waals surface area (Å²) in [6, 6.07) is 18.7. The summed E-state index contributed by atoms with van der Waals surface area (Å²) in [5, 5.41) is 3.00. The van der Waals surface area contributed by atoms with Crippen LogP contribution in [0.1, 0.15) is 36.4 Å². The first-order valence-corrected chi connectivity index (χ1v) is 8.23. The van der Waals surface area contributed by atoms with Gasteiger partial charge in [0.15, 0.2) is 0 Å². The van der Waals surface area contributed by atoms with Crippen molar-refractivity contribution in [3.63, 3.8) is 0 Å². The molecule has 1 aliphatic heterocycles. The van der Waals surface area contributed by atoms with Crippen molar-refractivity contribution in [2.75, 3.05) is 11.9 Å². The predicted molar refractivity (Wildman–Crippen MR) is 92.9 cm³/mol. The lowest BCUT2D eigenvalue weighted by Gasteiger charge is -2.12. The molecule has 3 N–H and O–H groups in total. The molecule has 0 spiro atoms. The van der Waals surface area contributed by atoms with E-state index >= 15 is 0 Å². The molecule has 1 heterocycles. The minimum atomic E-state index is 0.0792. The summed E-state index contributed by atoms with van der Waals surface area (Å²) in [6.07, 6.45) is 3.41. The number of anilines is 1. The van der Waals surface area contributed by atoms with E-state index < -0.39 is 0 Å². The second-order valence-corrected chi connectivity index (χ2v) is 5.93.